The van der Waals surface area contributed by atoms with E-state index in [0.29, 0.717) is 0 Å². The van der Waals surface area contributed by atoms with Crippen molar-refractivity contribution < 1.29 is 13.2 Å². The number of hydrogen-bond donors (Lipinski definition) is 0. The third-order valence-corrected chi connectivity index (χ3v) is 5.00. The molecular weight excluding hydrogens is 197 g/mol. The minimum atomic E-state index is -4.30. The topological polar surface area (TPSA) is 0 Å². The lowest BCUT2D eigenvalue weighted by molar-refractivity contribution is -0.0836. The summed E-state index contributed by atoms with van der Waals surface area (Å²) in [5.74, 6) is 0. The second-order valence-electron chi connectivity index (χ2n) is 2.57. The molecule has 0 aromatic heterocycles. The second kappa shape index (κ2) is 3.27. The molecule has 0 heterocycles. The Labute approximate surface area is 70.7 Å². The predicted molar refractivity (Wildman–Crippen MR) is 45.4 cm³/mol. The lowest BCUT2D eigenvalue weighted by atomic mass is 10.6. The van der Waals surface area contributed by atoms with E-state index in [0.717, 1.165) is 0 Å². The van der Waals surface area contributed by atoms with Gasteiger partial charge in [-0.05, 0) is 12.5 Å². The molecular formula is C6H10ClF3S. The fourth-order valence-electron chi connectivity index (χ4n) is 0.379. The van der Waals surface area contributed by atoms with Crippen molar-refractivity contribution in [2.75, 3.05) is 17.7 Å². The largest absolute Gasteiger partial charge is 0.420 e. The van der Waals surface area contributed by atoms with Crippen LogP contribution in [0.5, 0.6) is 0 Å². The van der Waals surface area contributed by atoms with Crippen LogP contribution in [0.4, 0.5) is 13.2 Å². The molecule has 68 valence electrons. The second-order valence-corrected chi connectivity index (χ2v) is 7.01. The van der Waals surface area contributed by atoms with Crippen molar-refractivity contribution in [3.63, 3.8) is 0 Å². The van der Waals surface area contributed by atoms with Gasteiger partial charge in [0.1, 0.15) is 0 Å². The smallest absolute Gasteiger partial charge is 0.203 e. The summed E-state index contributed by atoms with van der Waals surface area (Å²) in [5, 5.41) is 0.00530. The molecule has 11 heavy (non-hydrogen) atoms. The molecule has 5 heteroatoms. The zero-order chi connectivity index (χ0) is 9.28. The van der Waals surface area contributed by atoms with E-state index >= 15 is 0 Å². The molecule has 0 aromatic carbocycles. The quantitative estimate of drug-likeness (QED) is 0.608. The SMILES string of the molecule is C=C(C(F)(F)F)S(C)(C)CCl. The van der Waals surface area contributed by atoms with Crippen molar-refractivity contribution in [2.24, 2.45) is 0 Å². The van der Waals surface area contributed by atoms with E-state index in [2.05, 4.69) is 6.58 Å². The molecule has 0 aliphatic carbocycles. The fourth-order valence-corrected chi connectivity index (χ4v) is 1.53. The Hall–Kier alpha value is 0.170. The van der Waals surface area contributed by atoms with Gasteiger partial charge in [-0.15, -0.1) is 11.6 Å². The maximum Gasteiger partial charge on any atom is 0.420 e. The van der Waals surface area contributed by atoms with Gasteiger partial charge < -0.3 is 0 Å². The van der Waals surface area contributed by atoms with Crippen LogP contribution in [0.25, 0.3) is 0 Å². The molecule has 0 unspecified atom stereocenters. The van der Waals surface area contributed by atoms with Crippen LogP contribution in [0.3, 0.4) is 0 Å². The summed E-state index contributed by atoms with van der Waals surface area (Å²) in [7, 11) is -1.91. The molecule has 0 nitrogen and oxygen atoms in total. The van der Waals surface area contributed by atoms with Gasteiger partial charge in [0, 0.05) is 0 Å². The summed E-state index contributed by atoms with van der Waals surface area (Å²) in [4.78, 5) is -0.694. The van der Waals surface area contributed by atoms with E-state index in [1.54, 1.807) is 0 Å². The highest BCUT2D eigenvalue weighted by atomic mass is 35.5. The Morgan fingerprint density at radius 2 is 1.82 bits per heavy atom. The number of hydrogen-bond acceptors (Lipinski definition) is 0. The van der Waals surface area contributed by atoms with Gasteiger partial charge >= 0.3 is 6.18 Å². The van der Waals surface area contributed by atoms with E-state index in [1.165, 1.54) is 12.5 Å². The van der Waals surface area contributed by atoms with Crippen LogP contribution in [-0.2, 0) is 0 Å². The van der Waals surface area contributed by atoms with Gasteiger partial charge in [-0.2, -0.15) is 13.2 Å². The molecule has 0 bridgehead atoms. The van der Waals surface area contributed by atoms with Crippen molar-refractivity contribution >= 4 is 21.6 Å². The van der Waals surface area contributed by atoms with Crippen LogP contribution in [-0.4, -0.2) is 23.9 Å². The van der Waals surface area contributed by atoms with Gasteiger partial charge in [0.15, 0.2) is 0 Å². The van der Waals surface area contributed by atoms with Gasteiger partial charge in [-0.3, -0.25) is 0 Å². The third-order valence-electron chi connectivity index (χ3n) is 1.26. The van der Waals surface area contributed by atoms with Crippen molar-refractivity contribution in [1.82, 2.24) is 0 Å². The summed E-state index contributed by atoms with van der Waals surface area (Å²) < 4.78 is 36.0. The van der Waals surface area contributed by atoms with Gasteiger partial charge in [-0.1, -0.05) is 6.58 Å². The van der Waals surface area contributed by atoms with E-state index in [-0.39, 0.29) is 5.21 Å². The van der Waals surface area contributed by atoms with Crippen molar-refractivity contribution in [1.29, 1.82) is 0 Å². The van der Waals surface area contributed by atoms with Crippen LogP contribution in [0.1, 0.15) is 0 Å². The van der Waals surface area contributed by atoms with Crippen LogP contribution >= 0.6 is 21.6 Å². The first-order chi connectivity index (χ1) is 4.72. The number of allylic oxidation sites excluding steroid dienone is 1. The summed E-state index contributed by atoms with van der Waals surface area (Å²) in [6.07, 6.45) is -1.31. The lowest BCUT2D eigenvalue weighted by Gasteiger charge is -2.31. The fraction of sp³-hybridized carbons (Fsp3) is 0.667. The standard InChI is InChI=1S/C6H10ClF3S/c1-5(6(8,9)10)11(2,3)4-7/h1,4H2,2-3H3. The molecule has 0 fully saturated rings. The predicted octanol–water partition coefficient (Wildman–Crippen LogP) is 3.32. The molecule has 0 atom stereocenters. The summed E-state index contributed by atoms with van der Waals surface area (Å²) in [6.45, 7) is 3.00. The highest BCUT2D eigenvalue weighted by molar-refractivity contribution is 8.36. The number of halogens is 4. The van der Waals surface area contributed by atoms with E-state index < -0.39 is 21.1 Å². The van der Waals surface area contributed by atoms with Gasteiger partial charge in [-0.25, -0.2) is 10.0 Å². The highest BCUT2D eigenvalue weighted by Gasteiger charge is 2.38. The first-order valence-corrected chi connectivity index (χ1v) is 5.90. The third kappa shape index (κ3) is 2.95. The maximum absolute atomic E-state index is 12.0. The first kappa shape index (κ1) is 11.2. The lowest BCUT2D eigenvalue weighted by Crippen LogP contribution is -2.16. The van der Waals surface area contributed by atoms with Crippen LogP contribution in [0.15, 0.2) is 11.5 Å². The monoisotopic (exact) mass is 206 g/mol. The van der Waals surface area contributed by atoms with Crippen molar-refractivity contribution in [3.05, 3.63) is 11.5 Å². The normalized spacial score (nSPS) is 14.7. The first-order valence-electron chi connectivity index (χ1n) is 2.75. The van der Waals surface area contributed by atoms with Crippen LogP contribution < -0.4 is 0 Å². The minimum Gasteiger partial charge on any atom is -0.203 e. The van der Waals surface area contributed by atoms with E-state index in [1.807, 2.05) is 0 Å². The Morgan fingerprint density at radius 3 is 1.91 bits per heavy atom. The zero-order valence-corrected chi connectivity index (χ0v) is 7.91. The summed E-state index contributed by atoms with van der Waals surface area (Å²) in [6, 6.07) is 0. The Kier molecular flexibility index (Phi) is 3.32. The van der Waals surface area contributed by atoms with E-state index in [9.17, 15) is 13.2 Å². The molecule has 0 aromatic rings. The average molecular weight is 207 g/mol. The van der Waals surface area contributed by atoms with Gasteiger partial charge in [0.05, 0.1) is 10.1 Å². The molecule has 0 aliphatic heterocycles. The molecule has 0 N–H and O–H groups in total. The molecule has 0 radical (unpaired) electrons. The molecule has 0 saturated carbocycles. The van der Waals surface area contributed by atoms with Crippen LogP contribution in [0, 0.1) is 0 Å². The molecule has 0 aliphatic rings. The molecule has 0 spiro atoms. The Bertz CT molecular complexity index is 162. The highest BCUT2D eigenvalue weighted by Crippen LogP contribution is 2.54. The maximum atomic E-state index is 12.0. The van der Waals surface area contributed by atoms with Crippen molar-refractivity contribution in [3.8, 4) is 0 Å². The van der Waals surface area contributed by atoms with E-state index in [4.69, 9.17) is 11.6 Å². The Balaban J connectivity index is 4.50. The number of alkyl halides is 4. The summed E-state index contributed by atoms with van der Waals surface area (Å²) in [5.41, 5.74) is 0. The Morgan fingerprint density at radius 1 is 1.45 bits per heavy atom. The van der Waals surface area contributed by atoms with Crippen molar-refractivity contribution in [2.45, 2.75) is 6.18 Å². The molecule has 0 rings (SSSR count). The van der Waals surface area contributed by atoms with Gasteiger partial charge in [0.25, 0.3) is 0 Å². The molecule has 0 amide bonds. The van der Waals surface area contributed by atoms with Gasteiger partial charge in [0.2, 0.25) is 0 Å². The average Bonchev–Trinajstić information content (AvgIpc) is 1.84. The zero-order valence-electron chi connectivity index (χ0n) is 6.33. The molecule has 0 saturated heterocycles. The number of rotatable bonds is 2. The van der Waals surface area contributed by atoms with Crippen LogP contribution in [0.2, 0.25) is 0 Å². The summed E-state index contributed by atoms with van der Waals surface area (Å²) >= 11 is 5.37. The minimum absolute atomic E-state index is 0.00530.